The van der Waals surface area contributed by atoms with Gasteiger partial charge < -0.3 is 10.1 Å². The molecule has 2 aromatic carbocycles. The van der Waals surface area contributed by atoms with Crippen LogP contribution in [-0.2, 0) is 0 Å². The van der Waals surface area contributed by atoms with Gasteiger partial charge in [-0.1, -0.05) is 39.7 Å². The number of hydrogen-bond donors (Lipinski definition) is 1. The second kappa shape index (κ2) is 8.44. The summed E-state index contributed by atoms with van der Waals surface area (Å²) in [5.74, 6) is 1.38. The van der Waals surface area contributed by atoms with Gasteiger partial charge in [0.2, 0.25) is 0 Å². The maximum Gasteiger partial charge on any atom is 0.143 e. The molecule has 2 heterocycles. The van der Waals surface area contributed by atoms with Crippen molar-refractivity contribution < 1.29 is 4.74 Å². The molecule has 1 N–H and O–H groups in total. The van der Waals surface area contributed by atoms with Gasteiger partial charge in [-0.25, -0.2) is 9.97 Å². The summed E-state index contributed by atoms with van der Waals surface area (Å²) in [5.41, 5.74) is 3.05. The zero-order valence-electron chi connectivity index (χ0n) is 14.1. The van der Waals surface area contributed by atoms with Gasteiger partial charge in [0.05, 0.1) is 17.5 Å². The lowest BCUT2D eigenvalue weighted by Crippen LogP contribution is -1.96. The third kappa shape index (κ3) is 4.04. The van der Waals surface area contributed by atoms with E-state index in [1.807, 2.05) is 30.3 Å². The Morgan fingerprint density at radius 2 is 1.89 bits per heavy atom. The molecule has 0 atom stereocenters. The number of fused-ring (bicyclic) bond motifs is 1. The Kier molecular flexibility index (Phi) is 6.22. The van der Waals surface area contributed by atoms with Crippen LogP contribution in [0.3, 0.4) is 0 Å². The van der Waals surface area contributed by atoms with E-state index < -0.39 is 0 Å². The first-order valence-electron chi connectivity index (χ1n) is 7.74. The number of methoxy groups -OCH3 is 1. The fourth-order valence-corrected chi connectivity index (χ4v) is 4.13. The largest absolute Gasteiger partial charge is 0.495 e. The van der Waals surface area contributed by atoms with Gasteiger partial charge in [-0.05, 0) is 35.9 Å². The first kappa shape index (κ1) is 19.9. The van der Waals surface area contributed by atoms with E-state index >= 15 is 0 Å². The van der Waals surface area contributed by atoms with Crippen LogP contribution in [0, 0.1) is 0 Å². The first-order chi connectivity index (χ1) is 12.7. The van der Waals surface area contributed by atoms with Crippen molar-refractivity contribution in [2.24, 2.45) is 0 Å². The van der Waals surface area contributed by atoms with Crippen LogP contribution in [0.25, 0.3) is 21.3 Å². The van der Waals surface area contributed by atoms with Gasteiger partial charge in [0.1, 0.15) is 22.7 Å². The van der Waals surface area contributed by atoms with Crippen LogP contribution in [0.2, 0.25) is 5.02 Å². The zero-order chi connectivity index (χ0) is 18.1. The second-order valence-corrected chi connectivity index (χ2v) is 7.71. The number of nitrogens with zero attached hydrogens (tertiary/aromatic N) is 2. The molecule has 0 fully saturated rings. The van der Waals surface area contributed by atoms with E-state index in [1.165, 1.54) is 0 Å². The summed E-state index contributed by atoms with van der Waals surface area (Å²) in [4.78, 5) is 9.79. The second-order valence-electron chi connectivity index (χ2n) is 5.53. The molecule has 0 saturated heterocycles. The molecule has 0 radical (unpaired) electrons. The summed E-state index contributed by atoms with van der Waals surface area (Å²) in [6.07, 6.45) is 1.57. The summed E-state index contributed by atoms with van der Waals surface area (Å²) >= 11 is 11.3. The predicted molar refractivity (Wildman–Crippen MR) is 119 cm³/mol. The molecule has 0 aliphatic heterocycles. The van der Waals surface area contributed by atoms with Crippen molar-refractivity contribution in [1.82, 2.24) is 9.97 Å². The van der Waals surface area contributed by atoms with Gasteiger partial charge in [-0.15, -0.1) is 23.7 Å². The molecule has 4 rings (SSSR count). The summed E-state index contributed by atoms with van der Waals surface area (Å²) in [5, 5.41) is 6.99. The van der Waals surface area contributed by atoms with E-state index in [0.29, 0.717) is 10.8 Å². The average molecular weight is 483 g/mol. The van der Waals surface area contributed by atoms with Crippen molar-refractivity contribution in [3.8, 4) is 16.9 Å². The molecule has 27 heavy (non-hydrogen) atoms. The summed E-state index contributed by atoms with van der Waals surface area (Å²) in [7, 11) is 1.60. The summed E-state index contributed by atoms with van der Waals surface area (Å²) in [6, 6.07) is 13.8. The Hall–Kier alpha value is -1.86. The fraction of sp³-hybridized carbons (Fsp3) is 0.0526. The highest BCUT2D eigenvalue weighted by Gasteiger charge is 2.14. The lowest BCUT2D eigenvalue weighted by molar-refractivity contribution is 0.415. The Bertz CT molecular complexity index is 1090. The minimum Gasteiger partial charge on any atom is -0.495 e. The minimum absolute atomic E-state index is 0. The van der Waals surface area contributed by atoms with Crippen molar-refractivity contribution >= 4 is 73.0 Å². The van der Waals surface area contributed by atoms with Crippen molar-refractivity contribution in [1.29, 1.82) is 0 Å². The van der Waals surface area contributed by atoms with Crippen LogP contribution in [0.4, 0.5) is 11.5 Å². The highest BCUT2D eigenvalue weighted by Crippen LogP contribution is 2.38. The Balaban J connectivity index is 0.00000210. The summed E-state index contributed by atoms with van der Waals surface area (Å²) in [6.45, 7) is 0. The number of benzene rings is 2. The van der Waals surface area contributed by atoms with E-state index in [1.54, 1.807) is 24.8 Å². The summed E-state index contributed by atoms with van der Waals surface area (Å²) < 4.78 is 6.25. The number of nitrogens with one attached hydrogen (secondary N) is 1. The van der Waals surface area contributed by atoms with E-state index in [4.69, 9.17) is 16.3 Å². The lowest BCUT2D eigenvalue weighted by atomic mass is 10.1. The molecule has 0 spiro atoms. The van der Waals surface area contributed by atoms with Crippen molar-refractivity contribution in [2.75, 3.05) is 12.4 Å². The molecule has 0 aliphatic rings. The third-order valence-corrected chi connectivity index (χ3v) is 5.65. The van der Waals surface area contributed by atoms with Gasteiger partial charge in [-0.3, -0.25) is 0 Å². The molecular weight excluding hydrogens is 469 g/mol. The average Bonchev–Trinajstić information content (AvgIpc) is 3.08. The van der Waals surface area contributed by atoms with Crippen molar-refractivity contribution in [3.05, 3.63) is 63.7 Å². The number of hydrogen-bond acceptors (Lipinski definition) is 5. The standard InChI is InChI=1S/C19H13BrClN3OS.ClH/c1-25-16-7-6-13(8-15(16)21)24-18-17-14(9-26-19(17)23-10-22-18)11-2-4-12(20)5-3-11;/h2-10H,1H3,(H,22,23,24);1H. The SMILES string of the molecule is COc1ccc(Nc2ncnc3scc(-c4ccc(Br)cc4)c23)cc1Cl.Cl. The van der Waals surface area contributed by atoms with Crippen LogP contribution in [0.5, 0.6) is 5.75 Å². The quantitative estimate of drug-likeness (QED) is 0.342. The van der Waals surface area contributed by atoms with E-state index in [-0.39, 0.29) is 12.4 Å². The van der Waals surface area contributed by atoms with Crippen molar-refractivity contribution in [3.63, 3.8) is 0 Å². The van der Waals surface area contributed by atoms with Crippen LogP contribution >= 0.6 is 51.3 Å². The highest BCUT2D eigenvalue weighted by atomic mass is 79.9. The topological polar surface area (TPSA) is 47.0 Å². The van der Waals surface area contributed by atoms with Crippen LogP contribution in [0.15, 0.2) is 58.6 Å². The molecular formula is C19H14BrCl2N3OS. The number of anilines is 2. The normalized spacial score (nSPS) is 10.5. The van der Waals surface area contributed by atoms with E-state index in [9.17, 15) is 0 Å². The highest BCUT2D eigenvalue weighted by molar-refractivity contribution is 9.10. The molecule has 0 unspecified atom stereocenters. The van der Waals surface area contributed by atoms with Crippen molar-refractivity contribution in [2.45, 2.75) is 0 Å². The number of ether oxygens (including phenoxy) is 1. The fourth-order valence-electron chi connectivity index (χ4n) is 2.69. The third-order valence-electron chi connectivity index (χ3n) is 3.94. The molecule has 4 nitrogen and oxygen atoms in total. The van der Waals surface area contributed by atoms with Crippen LogP contribution in [0.1, 0.15) is 0 Å². The Labute approximate surface area is 180 Å². The Morgan fingerprint density at radius 3 is 2.59 bits per heavy atom. The van der Waals surface area contributed by atoms with Gasteiger partial charge in [0.15, 0.2) is 0 Å². The van der Waals surface area contributed by atoms with Gasteiger partial charge >= 0.3 is 0 Å². The van der Waals surface area contributed by atoms with Gasteiger partial charge in [0.25, 0.3) is 0 Å². The number of halogens is 3. The molecule has 4 aromatic rings. The molecule has 0 amide bonds. The van der Waals surface area contributed by atoms with Crippen LogP contribution < -0.4 is 10.1 Å². The van der Waals surface area contributed by atoms with Crippen LogP contribution in [-0.4, -0.2) is 17.1 Å². The molecule has 8 heteroatoms. The maximum absolute atomic E-state index is 6.23. The first-order valence-corrected chi connectivity index (χ1v) is 9.79. The number of rotatable bonds is 4. The molecule has 0 aliphatic carbocycles. The number of thiophene rings is 1. The molecule has 0 bridgehead atoms. The minimum atomic E-state index is 0. The van der Waals surface area contributed by atoms with Gasteiger partial charge in [-0.2, -0.15) is 0 Å². The molecule has 2 aromatic heterocycles. The van der Waals surface area contributed by atoms with Gasteiger partial charge in [0, 0.05) is 21.1 Å². The molecule has 138 valence electrons. The predicted octanol–water partition coefficient (Wildman–Crippen LogP) is 6.95. The molecule has 0 saturated carbocycles. The lowest BCUT2D eigenvalue weighted by Gasteiger charge is -2.10. The van der Waals surface area contributed by atoms with E-state index in [0.717, 1.165) is 37.3 Å². The van der Waals surface area contributed by atoms with E-state index in [2.05, 4.69) is 48.7 Å². The Morgan fingerprint density at radius 1 is 1.11 bits per heavy atom. The monoisotopic (exact) mass is 481 g/mol. The zero-order valence-corrected chi connectivity index (χ0v) is 18.0. The number of aromatic nitrogens is 2. The smallest absolute Gasteiger partial charge is 0.143 e. The maximum atomic E-state index is 6.23.